The van der Waals surface area contributed by atoms with E-state index in [1.165, 1.54) is 0 Å². The van der Waals surface area contributed by atoms with Crippen molar-refractivity contribution in [3.63, 3.8) is 0 Å². The van der Waals surface area contributed by atoms with Crippen LogP contribution >= 0.6 is 11.6 Å². The molecule has 3 aromatic rings. The predicted molar refractivity (Wildman–Crippen MR) is 106 cm³/mol. The molecule has 0 aromatic heterocycles. The number of amides is 1. The maximum atomic E-state index is 12.4. The van der Waals surface area contributed by atoms with Crippen molar-refractivity contribution in [3.05, 3.63) is 82.9 Å². The Labute approximate surface area is 161 Å². The van der Waals surface area contributed by atoms with Crippen LogP contribution in [0.25, 0.3) is 0 Å². The Morgan fingerprint density at radius 1 is 0.926 bits per heavy atom. The van der Waals surface area contributed by atoms with Crippen LogP contribution in [0.4, 0.5) is 11.4 Å². The first-order valence-corrected chi connectivity index (χ1v) is 8.85. The molecule has 5 nitrogen and oxygen atoms in total. The second kappa shape index (κ2) is 7.60. The maximum Gasteiger partial charge on any atom is 0.257 e. The standard InChI is InChI=1S/C21H17ClN2O3/c22-18-7-2-1-6-17(18)21(25)24-16-5-3-4-15(11-16)23-12-14-8-9-19-20(10-14)27-13-26-19/h1-11,23H,12-13H2,(H,24,25). The fourth-order valence-electron chi connectivity index (χ4n) is 2.81. The van der Waals surface area contributed by atoms with Crippen molar-refractivity contribution in [2.45, 2.75) is 6.54 Å². The van der Waals surface area contributed by atoms with E-state index in [1.54, 1.807) is 24.3 Å². The second-order valence-corrected chi connectivity index (χ2v) is 6.46. The lowest BCUT2D eigenvalue weighted by molar-refractivity contribution is 0.102. The monoisotopic (exact) mass is 380 g/mol. The molecule has 6 heteroatoms. The van der Waals surface area contributed by atoms with Gasteiger partial charge in [-0.3, -0.25) is 4.79 Å². The summed E-state index contributed by atoms with van der Waals surface area (Å²) in [5.74, 6) is 1.28. The lowest BCUT2D eigenvalue weighted by Crippen LogP contribution is -2.12. The largest absolute Gasteiger partial charge is 0.454 e. The molecule has 0 bridgehead atoms. The Morgan fingerprint density at radius 3 is 2.63 bits per heavy atom. The second-order valence-electron chi connectivity index (χ2n) is 6.06. The van der Waals surface area contributed by atoms with Gasteiger partial charge < -0.3 is 20.1 Å². The number of hydrogen-bond acceptors (Lipinski definition) is 4. The molecular weight excluding hydrogens is 364 g/mol. The first kappa shape index (κ1) is 17.2. The summed E-state index contributed by atoms with van der Waals surface area (Å²) in [6.45, 7) is 0.887. The fourth-order valence-corrected chi connectivity index (χ4v) is 3.03. The normalized spacial score (nSPS) is 11.9. The van der Waals surface area contributed by atoms with Crippen molar-refractivity contribution in [3.8, 4) is 11.5 Å². The molecule has 0 unspecified atom stereocenters. The molecule has 0 aliphatic carbocycles. The summed E-state index contributed by atoms with van der Waals surface area (Å²) in [5.41, 5.74) is 3.10. The van der Waals surface area contributed by atoms with Crippen molar-refractivity contribution in [2.75, 3.05) is 17.4 Å². The van der Waals surface area contributed by atoms with Gasteiger partial charge in [0.05, 0.1) is 10.6 Å². The van der Waals surface area contributed by atoms with Crippen LogP contribution in [0.1, 0.15) is 15.9 Å². The number of ether oxygens (including phenoxy) is 2. The molecule has 1 amide bonds. The van der Waals surface area contributed by atoms with E-state index in [4.69, 9.17) is 21.1 Å². The summed E-state index contributed by atoms with van der Waals surface area (Å²) >= 11 is 6.08. The molecule has 4 rings (SSSR count). The number of anilines is 2. The Hall–Kier alpha value is -3.18. The molecule has 1 heterocycles. The lowest BCUT2D eigenvalue weighted by Gasteiger charge is -2.11. The minimum absolute atomic E-state index is 0.242. The zero-order chi connectivity index (χ0) is 18.6. The van der Waals surface area contributed by atoms with E-state index in [9.17, 15) is 4.79 Å². The molecule has 0 atom stereocenters. The summed E-state index contributed by atoms with van der Waals surface area (Å²) in [6.07, 6.45) is 0. The van der Waals surface area contributed by atoms with Gasteiger partial charge in [0.15, 0.2) is 11.5 Å². The van der Waals surface area contributed by atoms with Gasteiger partial charge in [-0.2, -0.15) is 0 Å². The highest BCUT2D eigenvalue weighted by Gasteiger charge is 2.13. The molecular formula is C21H17ClN2O3. The third-order valence-electron chi connectivity index (χ3n) is 4.17. The number of nitrogens with one attached hydrogen (secondary N) is 2. The van der Waals surface area contributed by atoms with Gasteiger partial charge in [0.1, 0.15) is 0 Å². The molecule has 0 spiro atoms. The molecule has 2 N–H and O–H groups in total. The van der Waals surface area contributed by atoms with E-state index in [-0.39, 0.29) is 12.7 Å². The van der Waals surface area contributed by atoms with E-state index < -0.39 is 0 Å². The zero-order valence-corrected chi connectivity index (χ0v) is 15.1. The Bertz CT molecular complexity index is 991. The van der Waals surface area contributed by atoms with Crippen LogP contribution < -0.4 is 20.1 Å². The van der Waals surface area contributed by atoms with Crippen molar-refractivity contribution >= 4 is 28.9 Å². The zero-order valence-electron chi connectivity index (χ0n) is 14.4. The van der Waals surface area contributed by atoms with Crippen LogP contribution in [0.2, 0.25) is 5.02 Å². The van der Waals surface area contributed by atoms with E-state index in [2.05, 4.69) is 10.6 Å². The number of fused-ring (bicyclic) bond motifs is 1. The summed E-state index contributed by atoms with van der Waals surface area (Å²) in [6, 6.07) is 20.3. The number of carbonyl (C=O) groups excluding carboxylic acids is 1. The number of halogens is 1. The van der Waals surface area contributed by atoms with E-state index in [0.717, 1.165) is 22.7 Å². The highest BCUT2D eigenvalue weighted by atomic mass is 35.5. The fraction of sp³-hybridized carbons (Fsp3) is 0.0952. The highest BCUT2D eigenvalue weighted by Crippen LogP contribution is 2.32. The van der Waals surface area contributed by atoms with E-state index in [0.29, 0.717) is 22.8 Å². The maximum absolute atomic E-state index is 12.4. The van der Waals surface area contributed by atoms with Gasteiger partial charge >= 0.3 is 0 Å². The highest BCUT2D eigenvalue weighted by molar-refractivity contribution is 6.34. The summed E-state index contributed by atoms with van der Waals surface area (Å²) < 4.78 is 10.7. The summed E-state index contributed by atoms with van der Waals surface area (Å²) in [5, 5.41) is 6.64. The van der Waals surface area contributed by atoms with Gasteiger partial charge in [0.25, 0.3) is 5.91 Å². The van der Waals surface area contributed by atoms with Crippen LogP contribution in [0.5, 0.6) is 11.5 Å². The van der Waals surface area contributed by atoms with Gasteiger partial charge in [-0.15, -0.1) is 0 Å². The summed E-state index contributed by atoms with van der Waals surface area (Å²) in [4.78, 5) is 12.4. The number of rotatable bonds is 5. The molecule has 136 valence electrons. The van der Waals surface area contributed by atoms with Crippen LogP contribution in [0.15, 0.2) is 66.7 Å². The molecule has 0 saturated carbocycles. The molecule has 1 aliphatic heterocycles. The summed E-state index contributed by atoms with van der Waals surface area (Å²) in [7, 11) is 0. The Balaban J connectivity index is 1.42. The molecule has 3 aromatic carbocycles. The molecule has 0 saturated heterocycles. The van der Waals surface area contributed by atoms with Crippen LogP contribution in [0, 0.1) is 0 Å². The van der Waals surface area contributed by atoms with Gasteiger partial charge in [0, 0.05) is 17.9 Å². The molecule has 0 fully saturated rings. The van der Waals surface area contributed by atoms with Crippen molar-refractivity contribution < 1.29 is 14.3 Å². The predicted octanol–water partition coefficient (Wildman–Crippen LogP) is 4.93. The molecule has 0 radical (unpaired) electrons. The van der Waals surface area contributed by atoms with Gasteiger partial charge in [-0.25, -0.2) is 0 Å². The first-order valence-electron chi connectivity index (χ1n) is 8.47. The van der Waals surface area contributed by atoms with Gasteiger partial charge in [0.2, 0.25) is 6.79 Å². The molecule has 1 aliphatic rings. The SMILES string of the molecule is O=C(Nc1cccc(NCc2ccc3c(c2)OCO3)c1)c1ccccc1Cl. The third kappa shape index (κ3) is 3.99. The average Bonchev–Trinajstić information content (AvgIpc) is 3.15. The van der Waals surface area contributed by atoms with Crippen LogP contribution in [0.3, 0.4) is 0 Å². The number of benzene rings is 3. The van der Waals surface area contributed by atoms with Crippen LogP contribution in [-0.2, 0) is 6.54 Å². The molecule has 27 heavy (non-hydrogen) atoms. The Morgan fingerprint density at radius 2 is 1.74 bits per heavy atom. The number of carbonyl (C=O) groups is 1. The average molecular weight is 381 g/mol. The quantitative estimate of drug-likeness (QED) is 0.658. The van der Waals surface area contributed by atoms with Crippen LogP contribution in [-0.4, -0.2) is 12.7 Å². The third-order valence-corrected chi connectivity index (χ3v) is 4.50. The van der Waals surface area contributed by atoms with Gasteiger partial charge in [-0.1, -0.05) is 35.9 Å². The minimum atomic E-state index is -0.242. The van der Waals surface area contributed by atoms with E-state index >= 15 is 0 Å². The van der Waals surface area contributed by atoms with Crippen molar-refractivity contribution in [1.29, 1.82) is 0 Å². The minimum Gasteiger partial charge on any atom is -0.454 e. The first-order chi connectivity index (χ1) is 13.2. The number of hydrogen-bond donors (Lipinski definition) is 2. The lowest BCUT2D eigenvalue weighted by atomic mass is 10.2. The van der Waals surface area contributed by atoms with Crippen molar-refractivity contribution in [1.82, 2.24) is 0 Å². The van der Waals surface area contributed by atoms with E-state index in [1.807, 2.05) is 42.5 Å². The van der Waals surface area contributed by atoms with Gasteiger partial charge in [-0.05, 0) is 48.0 Å². The van der Waals surface area contributed by atoms with Crippen molar-refractivity contribution in [2.24, 2.45) is 0 Å². The Kier molecular flexibility index (Phi) is 4.85. The smallest absolute Gasteiger partial charge is 0.257 e. The topological polar surface area (TPSA) is 59.6 Å².